The maximum Gasteiger partial charge on any atom is 0.317 e. The monoisotopic (exact) mass is 256 g/mol. The molecule has 2 amide bonds. The van der Waals surface area contributed by atoms with Gasteiger partial charge in [-0.2, -0.15) is 0 Å². The van der Waals surface area contributed by atoms with Gasteiger partial charge in [-0.1, -0.05) is 20.3 Å². The molecule has 5 heteroatoms. The normalized spacial score (nSPS) is 23.8. The number of carbonyl (C=O) groups excluding carboxylic acids is 1. The fourth-order valence-corrected chi connectivity index (χ4v) is 2.40. The maximum absolute atomic E-state index is 11.9. The van der Waals surface area contributed by atoms with Crippen molar-refractivity contribution in [2.75, 3.05) is 19.6 Å². The van der Waals surface area contributed by atoms with E-state index in [1.807, 2.05) is 6.92 Å². The van der Waals surface area contributed by atoms with Crippen molar-refractivity contribution in [3.63, 3.8) is 0 Å². The van der Waals surface area contributed by atoms with E-state index in [9.17, 15) is 14.7 Å². The van der Waals surface area contributed by atoms with Crippen LogP contribution in [0.4, 0.5) is 4.79 Å². The SMILES string of the molecule is CCCCNC(=O)N1CCCC(CC)(C(=O)O)C1. The van der Waals surface area contributed by atoms with Crippen molar-refractivity contribution >= 4 is 12.0 Å². The predicted octanol–water partition coefficient (Wildman–Crippen LogP) is 2.07. The number of unbranched alkanes of at least 4 members (excludes halogenated alkanes) is 1. The van der Waals surface area contributed by atoms with Crippen molar-refractivity contribution in [3.8, 4) is 0 Å². The van der Waals surface area contributed by atoms with Gasteiger partial charge in [0, 0.05) is 19.6 Å². The first-order valence-electron chi connectivity index (χ1n) is 6.82. The number of urea groups is 1. The van der Waals surface area contributed by atoms with Gasteiger partial charge in [0.05, 0.1) is 5.41 Å². The van der Waals surface area contributed by atoms with Crippen LogP contribution in [-0.4, -0.2) is 41.6 Å². The minimum Gasteiger partial charge on any atom is -0.481 e. The first-order chi connectivity index (χ1) is 8.55. The van der Waals surface area contributed by atoms with Crippen LogP contribution >= 0.6 is 0 Å². The second kappa shape index (κ2) is 6.61. The van der Waals surface area contributed by atoms with Gasteiger partial charge in [-0.05, 0) is 25.7 Å². The molecule has 1 fully saturated rings. The lowest BCUT2D eigenvalue weighted by atomic mass is 9.78. The molecule has 0 aliphatic carbocycles. The van der Waals surface area contributed by atoms with E-state index >= 15 is 0 Å². The first-order valence-corrected chi connectivity index (χ1v) is 6.82. The van der Waals surface area contributed by atoms with Crippen molar-refractivity contribution < 1.29 is 14.7 Å². The average molecular weight is 256 g/mol. The van der Waals surface area contributed by atoms with Crippen molar-refractivity contribution in [2.45, 2.75) is 46.0 Å². The van der Waals surface area contributed by atoms with Gasteiger partial charge in [0.15, 0.2) is 0 Å². The minimum absolute atomic E-state index is 0.123. The molecule has 0 aromatic heterocycles. The second-order valence-electron chi connectivity index (χ2n) is 5.05. The van der Waals surface area contributed by atoms with Crippen molar-refractivity contribution in [1.82, 2.24) is 10.2 Å². The Bertz CT molecular complexity index is 307. The summed E-state index contributed by atoms with van der Waals surface area (Å²) in [6.45, 7) is 5.61. The number of hydrogen-bond donors (Lipinski definition) is 2. The predicted molar refractivity (Wildman–Crippen MR) is 69.5 cm³/mol. The Morgan fingerprint density at radius 1 is 1.39 bits per heavy atom. The van der Waals surface area contributed by atoms with Gasteiger partial charge in [0.1, 0.15) is 0 Å². The van der Waals surface area contributed by atoms with Gasteiger partial charge in [0.25, 0.3) is 0 Å². The number of amides is 2. The Balaban J connectivity index is 2.57. The van der Waals surface area contributed by atoms with E-state index < -0.39 is 11.4 Å². The summed E-state index contributed by atoms with van der Waals surface area (Å²) in [6, 6.07) is -0.123. The number of hydrogen-bond acceptors (Lipinski definition) is 2. The van der Waals surface area contributed by atoms with Crippen molar-refractivity contribution in [3.05, 3.63) is 0 Å². The number of likely N-dealkylation sites (tertiary alicyclic amines) is 1. The number of carboxylic acids is 1. The number of aliphatic carboxylic acids is 1. The third kappa shape index (κ3) is 3.37. The lowest BCUT2D eigenvalue weighted by Gasteiger charge is -2.39. The number of nitrogens with one attached hydrogen (secondary N) is 1. The molecule has 2 N–H and O–H groups in total. The average Bonchev–Trinajstić information content (AvgIpc) is 2.38. The maximum atomic E-state index is 11.9. The highest BCUT2D eigenvalue weighted by molar-refractivity contribution is 5.78. The van der Waals surface area contributed by atoms with Gasteiger partial charge in [-0.25, -0.2) is 4.79 Å². The van der Waals surface area contributed by atoms with Crippen LogP contribution in [0.3, 0.4) is 0 Å². The zero-order valence-electron chi connectivity index (χ0n) is 11.4. The third-order valence-corrected chi connectivity index (χ3v) is 3.80. The van der Waals surface area contributed by atoms with Crippen LogP contribution in [0.5, 0.6) is 0 Å². The topological polar surface area (TPSA) is 69.6 Å². The Morgan fingerprint density at radius 3 is 2.67 bits per heavy atom. The molecule has 18 heavy (non-hydrogen) atoms. The molecule has 1 aliphatic rings. The van der Waals surface area contributed by atoms with Crippen molar-refractivity contribution in [2.24, 2.45) is 5.41 Å². The molecular weight excluding hydrogens is 232 g/mol. The molecule has 104 valence electrons. The summed E-state index contributed by atoms with van der Waals surface area (Å²) < 4.78 is 0. The van der Waals surface area contributed by atoms with E-state index in [4.69, 9.17) is 0 Å². The van der Waals surface area contributed by atoms with Crippen molar-refractivity contribution in [1.29, 1.82) is 0 Å². The number of nitrogens with zero attached hydrogens (tertiary/aromatic N) is 1. The third-order valence-electron chi connectivity index (χ3n) is 3.80. The molecule has 0 aromatic rings. The number of piperidine rings is 1. The lowest BCUT2D eigenvalue weighted by Crippen LogP contribution is -2.52. The molecule has 0 bridgehead atoms. The van der Waals surface area contributed by atoms with Crippen LogP contribution in [0.2, 0.25) is 0 Å². The first kappa shape index (κ1) is 14.8. The zero-order valence-corrected chi connectivity index (χ0v) is 11.4. The van der Waals surface area contributed by atoms with Gasteiger partial charge in [-0.3, -0.25) is 4.79 Å². The van der Waals surface area contributed by atoms with Gasteiger partial charge in [-0.15, -0.1) is 0 Å². The summed E-state index contributed by atoms with van der Waals surface area (Å²) in [5.74, 6) is -0.781. The highest BCUT2D eigenvalue weighted by Crippen LogP contribution is 2.33. The zero-order chi connectivity index (χ0) is 13.6. The molecule has 0 spiro atoms. The lowest BCUT2D eigenvalue weighted by molar-refractivity contribution is -0.152. The summed E-state index contributed by atoms with van der Waals surface area (Å²) in [7, 11) is 0. The van der Waals surface area contributed by atoms with Crippen LogP contribution in [-0.2, 0) is 4.79 Å². The number of rotatable bonds is 5. The van der Waals surface area contributed by atoms with Gasteiger partial charge < -0.3 is 15.3 Å². The highest BCUT2D eigenvalue weighted by atomic mass is 16.4. The number of carbonyl (C=O) groups is 2. The van der Waals surface area contributed by atoms with E-state index in [1.54, 1.807) is 4.90 Å². The standard InChI is InChI=1S/C13H24N2O3/c1-3-5-8-14-12(18)15-9-6-7-13(4-2,10-15)11(16)17/h3-10H2,1-2H3,(H,14,18)(H,16,17). The second-order valence-corrected chi connectivity index (χ2v) is 5.05. The molecule has 1 aliphatic heterocycles. The van der Waals surface area contributed by atoms with Crippen LogP contribution in [0, 0.1) is 5.41 Å². The molecule has 0 radical (unpaired) electrons. The summed E-state index contributed by atoms with van der Waals surface area (Å²) in [5, 5.41) is 12.2. The number of carboxylic acid groups (broad SMARTS) is 1. The van der Waals surface area contributed by atoms with Crippen LogP contribution in [0.1, 0.15) is 46.0 Å². The fourth-order valence-electron chi connectivity index (χ4n) is 2.40. The van der Waals surface area contributed by atoms with Crippen LogP contribution in [0.25, 0.3) is 0 Å². The highest BCUT2D eigenvalue weighted by Gasteiger charge is 2.41. The van der Waals surface area contributed by atoms with Gasteiger partial charge >= 0.3 is 12.0 Å². The summed E-state index contributed by atoms with van der Waals surface area (Å²) >= 11 is 0. The summed E-state index contributed by atoms with van der Waals surface area (Å²) in [4.78, 5) is 24.9. The molecule has 0 saturated carbocycles. The van der Waals surface area contributed by atoms with Crippen LogP contribution in [0.15, 0.2) is 0 Å². The molecule has 0 aromatic carbocycles. The molecular formula is C13H24N2O3. The molecule has 1 rings (SSSR count). The van der Waals surface area contributed by atoms with E-state index in [2.05, 4.69) is 12.2 Å². The molecule has 1 atom stereocenters. The Kier molecular flexibility index (Phi) is 5.44. The fraction of sp³-hybridized carbons (Fsp3) is 0.846. The van der Waals surface area contributed by atoms with E-state index in [-0.39, 0.29) is 6.03 Å². The van der Waals surface area contributed by atoms with Crippen LogP contribution < -0.4 is 5.32 Å². The van der Waals surface area contributed by atoms with E-state index in [1.165, 1.54) is 0 Å². The largest absolute Gasteiger partial charge is 0.481 e. The summed E-state index contributed by atoms with van der Waals surface area (Å²) in [6.07, 6.45) is 3.99. The Labute approximate surface area is 109 Å². The quantitative estimate of drug-likeness (QED) is 0.740. The molecule has 5 nitrogen and oxygen atoms in total. The molecule has 1 saturated heterocycles. The molecule has 1 unspecified atom stereocenters. The van der Waals surface area contributed by atoms with Gasteiger partial charge in [0.2, 0.25) is 0 Å². The smallest absolute Gasteiger partial charge is 0.317 e. The van der Waals surface area contributed by atoms with E-state index in [0.717, 1.165) is 19.3 Å². The minimum atomic E-state index is -0.781. The Morgan fingerprint density at radius 2 is 2.11 bits per heavy atom. The van der Waals surface area contributed by atoms with E-state index in [0.29, 0.717) is 32.5 Å². The Hall–Kier alpha value is -1.26. The molecule has 1 heterocycles. The summed E-state index contributed by atoms with van der Waals surface area (Å²) in [5.41, 5.74) is -0.750.